The van der Waals surface area contributed by atoms with Gasteiger partial charge in [0.05, 0.1) is 15.9 Å². The van der Waals surface area contributed by atoms with Gasteiger partial charge >= 0.3 is 0 Å². The predicted octanol–water partition coefficient (Wildman–Crippen LogP) is 2.92. The van der Waals surface area contributed by atoms with Crippen LogP contribution >= 0.6 is 15.9 Å². The van der Waals surface area contributed by atoms with Crippen LogP contribution < -0.4 is 5.73 Å². The van der Waals surface area contributed by atoms with E-state index in [1.54, 1.807) is 0 Å². The molecule has 4 heteroatoms. The molecule has 0 saturated carbocycles. The van der Waals surface area contributed by atoms with Crippen molar-refractivity contribution >= 4 is 15.9 Å². The molecule has 0 saturated heterocycles. The molecule has 0 aliphatic rings. The highest BCUT2D eigenvalue weighted by Gasteiger charge is 2.24. The second kappa shape index (κ2) is 5.83. The molecule has 1 unspecified atom stereocenters. The number of aromatic nitrogens is 2. The van der Waals surface area contributed by atoms with Gasteiger partial charge < -0.3 is 5.73 Å². The first-order chi connectivity index (χ1) is 8.01. The van der Waals surface area contributed by atoms with Gasteiger partial charge in [0, 0.05) is 24.9 Å². The Hall–Kier alpha value is -0.610. The number of nitrogens with zero attached hydrogens (tertiary/aromatic N) is 2. The molecule has 17 heavy (non-hydrogen) atoms. The van der Waals surface area contributed by atoms with Crippen LogP contribution in [0.5, 0.6) is 0 Å². The van der Waals surface area contributed by atoms with Crippen LogP contribution in [-0.4, -0.2) is 16.3 Å². The van der Waals surface area contributed by atoms with Gasteiger partial charge in [-0.1, -0.05) is 19.9 Å². The minimum Gasteiger partial charge on any atom is -0.330 e. The van der Waals surface area contributed by atoms with Crippen molar-refractivity contribution in [2.75, 3.05) is 6.54 Å². The number of aryl methyl sites for hydroxylation is 2. The zero-order valence-corrected chi connectivity index (χ0v) is 12.5. The van der Waals surface area contributed by atoms with Crippen LogP contribution in [0.25, 0.3) is 0 Å². The Bertz CT molecular complexity index is 398. The number of hydrogen-bond donors (Lipinski definition) is 1. The van der Waals surface area contributed by atoms with E-state index in [9.17, 15) is 0 Å². The van der Waals surface area contributed by atoms with Crippen molar-refractivity contribution in [2.24, 2.45) is 11.1 Å². The van der Waals surface area contributed by atoms with Gasteiger partial charge in [-0.05, 0) is 29.3 Å². The lowest BCUT2D eigenvalue weighted by atomic mass is 9.85. The van der Waals surface area contributed by atoms with Crippen LogP contribution in [0, 0.1) is 5.41 Å². The minimum atomic E-state index is -0.0690. The van der Waals surface area contributed by atoms with E-state index in [2.05, 4.69) is 53.1 Å². The zero-order chi connectivity index (χ0) is 13.1. The lowest BCUT2D eigenvalue weighted by molar-refractivity contribution is 0.418. The summed E-state index contributed by atoms with van der Waals surface area (Å²) in [7, 11) is 0. The van der Waals surface area contributed by atoms with E-state index in [-0.39, 0.29) is 5.41 Å². The summed E-state index contributed by atoms with van der Waals surface area (Å²) >= 11 is 3.66. The second-order valence-electron chi connectivity index (χ2n) is 4.62. The molecule has 3 nitrogen and oxygen atoms in total. The molecule has 0 radical (unpaired) electrons. The third-order valence-corrected chi connectivity index (χ3v) is 4.14. The Balaban J connectivity index is 3.12. The molecule has 1 aromatic rings. The first kappa shape index (κ1) is 14.5. The highest BCUT2D eigenvalue weighted by atomic mass is 79.9. The van der Waals surface area contributed by atoms with E-state index < -0.39 is 0 Å². The van der Waals surface area contributed by atoms with Gasteiger partial charge in [0.25, 0.3) is 0 Å². The van der Waals surface area contributed by atoms with E-state index >= 15 is 0 Å². The quantitative estimate of drug-likeness (QED) is 0.821. The lowest BCUT2D eigenvalue weighted by Crippen LogP contribution is -2.28. The molecular formula is C13H22BrN3. The monoisotopic (exact) mass is 299 g/mol. The van der Waals surface area contributed by atoms with Crippen molar-refractivity contribution < 1.29 is 0 Å². The molecule has 0 fully saturated rings. The maximum absolute atomic E-state index is 5.83. The van der Waals surface area contributed by atoms with Gasteiger partial charge in [-0.15, -0.1) is 6.58 Å². The van der Waals surface area contributed by atoms with Crippen molar-refractivity contribution in [3.8, 4) is 0 Å². The summed E-state index contributed by atoms with van der Waals surface area (Å²) in [4.78, 5) is 0. The first-order valence-electron chi connectivity index (χ1n) is 6.09. The van der Waals surface area contributed by atoms with E-state index in [0.29, 0.717) is 6.54 Å². The average Bonchev–Trinajstić information content (AvgIpc) is 2.66. The Labute approximate surface area is 112 Å². The summed E-state index contributed by atoms with van der Waals surface area (Å²) in [5, 5.41) is 4.59. The van der Waals surface area contributed by atoms with Crippen LogP contribution in [-0.2, 0) is 19.4 Å². The van der Waals surface area contributed by atoms with Crippen LogP contribution in [0.2, 0.25) is 0 Å². The summed E-state index contributed by atoms with van der Waals surface area (Å²) in [5.74, 6) is 0. The number of hydrogen-bond acceptors (Lipinski definition) is 2. The van der Waals surface area contributed by atoms with Gasteiger partial charge in [-0.3, -0.25) is 4.68 Å². The van der Waals surface area contributed by atoms with Crippen molar-refractivity contribution in [1.29, 1.82) is 0 Å². The average molecular weight is 300 g/mol. The van der Waals surface area contributed by atoms with E-state index in [1.165, 1.54) is 5.69 Å². The summed E-state index contributed by atoms with van der Waals surface area (Å²) in [6.07, 6.45) is 3.75. The highest BCUT2D eigenvalue weighted by molar-refractivity contribution is 9.10. The Morgan fingerprint density at radius 2 is 2.18 bits per heavy atom. The van der Waals surface area contributed by atoms with Crippen LogP contribution in [0.1, 0.15) is 32.2 Å². The lowest BCUT2D eigenvalue weighted by Gasteiger charge is -2.24. The van der Waals surface area contributed by atoms with Gasteiger partial charge in [-0.25, -0.2) is 0 Å². The summed E-state index contributed by atoms with van der Waals surface area (Å²) in [5.41, 5.74) is 8.10. The molecule has 1 aromatic heterocycles. The molecule has 0 aliphatic heterocycles. The highest BCUT2D eigenvalue weighted by Crippen LogP contribution is 2.29. The molecule has 2 N–H and O–H groups in total. The molecule has 96 valence electrons. The van der Waals surface area contributed by atoms with Crippen molar-refractivity contribution in [3.63, 3.8) is 0 Å². The van der Waals surface area contributed by atoms with Gasteiger partial charge in [0.2, 0.25) is 0 Å². The Kier molecular flexibility index (Phi) is 4.95. The SMILES string of the molecule is C=CC(C)(CN)Cc1c(Br)c(CC)nn1CC. The molecule has 1 heterocycles. The fourth-order valence-electron chi connectivity index (χ4n) is 1.80. The van der Waals surface area contributed by atoms with Crippen molar-refractivity contribution in [2.45, 2.75) is 40.2 Å². The maximum Gasteiger partial charge on any atom is 0.0766 e. The van der Waals surface area contributed by atoms with Crippen molar-refractivity contribution in [3.05, 3.63) is 28.5 Å². The van der Waals surface area contributed by atoms with E-state index in [0.717, 1.165) is 29.6 Å². The van der Waals surface area contributed by atoms with E-state index in [1.807, 2.05) is 6.08 Å². The fourth-order valence-corrected chi connectivity index (χ4v) is 2.50. The zero-order valence-electron chi connectivity index (χ0n) is 11.0. The standard InChI is InChI=1S/C13H22BrN3/c1-5-10-12(14)11(17(7-3)16-10)8-13(4,6-2)9-15/h6H,2,5,7-9,15H2,1,3-4H3. The van der Waals surface area contributed by atoms with Crippen molar-refractivity contribution in [1.82, 2.24) is 9.78 Å². The molecule has 0 bridgehead atoms. The van der Waals surface area contributed by atoms with Crippen LogP contribution in [0.3, 0.4) is 0 Å². The first-order valence-corrected chi connectivity index (χ1v) is 6.88. The summed E-state index contributed by atoms with van der Waals surface area (Å²) < 4.78 is 3.18. The minimum absolute atomic E-state index is 0.0690. The van der Waals surface area contributed by atoms with Crippen LogP contribution in [0.15, 0.2) is 17.1 Å². The van der Waals surface area contributed by atoms with E-state index in [4.69, 9.17) is 5.73 Å². The number of nitrogens with two attached hydrogens (primary N) is 1. The molecule has 1 atom stereocenters. The normalized spacial score (nSPS) is 14.6. The topological polar surface area (TPSA) is 43.8 Å². The third-order valence-electron chi connectivity index (χ3n) is 3.22. The molecule has 1 rings (SSSR count). The fraction of sp³-hybridized carbons (Fsp3) is 0.615. The number of rotatable bonds is 6. The van der Waals surface area contributed by atoms with Gasteiger partial charge in [0.1, 0.15) is 0 Å². The molecule has 0 aromatic carbocycles. The van der Waals surface area contributed by atoms with Gasteiger partial charge in [-0.2, -0.15) is 5.10 Å². The predicted molar refractivity (Wildman–Crippen MR) is 76.0 cm³/mol. The Morgan fingerprint density at radius 1 is 1.53 bits per heavy atom. The van der Waals surface area contributed by atoms with Crippen LogP contribution in [0.4, 0.5) is 0 Å². The summed E-state index contributed by atoms with van der Waals surface area (Å²) in [6, 6.07) is 0. The second-order valence-corrected chi connectivity index (χ2v) is 5.41. The molecule has 0 aliphatic carbocycles. The summed E-state index contributed by atoms with van der Waals surface area (Å²) in [6.45, 7) is 11.7. The molecule has 0 amide bonds. The number of halogens is 1. The molecule has 0 spiro atoms. The smallest absolute Gasteiger partial charge is 0.0766 e. The largest absolute Gasteiger partial charge is 0.330 e. The molecular weight excluding hydrogens is 278 g/mol. The maximum atomic E-state index is 5.83. The Morgan fingerprint density at radius 3 is 2.59 bits per heavy atom. The third kappa shape index (κ3) is 2.99. The van der Waals surface area contributed by atoms with Gasteiger partial charge in [0.15, 0.2) is 0 Å².